The second-order valence-electron chi connectivity index (χ2n) is 6.22. The number of amides is 1. The molecule has 6 nitrogen and oxygen atoms in total. The number of fused-ring (bicyclic) bond motifs is 1. The van der Waals surface area contributed by atoms with Crippen molar-refractivity contribution in [3.8, 4) is 0 Å². The Kier molecular flexibility index (Phi) is 4.23. The molecule has 4 rings (SSSR count). The number of hydrogen-bond donors (Lipinski definition) is 1. The van der Waals surface area contributed by atoms with E-state index < -0.39 is 0 Å². The van der Waals surface area contributed by atoms with Crippen molar-refractivity contribution in [2.45, 2.75) is 12.6 Å². The predicted molar refractivity (Wildman–Crippen MR) is 99.6 cm³/mol. The molecule has 0 spiro atoms. The summed E-state index contributed by atoms with van der Waals surface area (Å²) in [5.74, 6) is -0.101. The van der Waals surface area contributed by atoms with E-state index in [0.29, 0.717) is 12.1 Å². The molecule has 130 valence electrons. The molecular weight excluding hydrogens is 326 g/mol. The maximum absolute atomic E-state index is 13.0. The number of hydrogen-bond acceptors (Lipinski definition) is 3. The highest BCUT2D eigenvalue weighted by atomic mass is 16.1. The average Bonchev–Trinajstić information content (AvgIpc) is 3.32. The van der Waals surface area contributed by atoms with Crippen LogP contribution in [-0.2, 0) is 13.6 Å². The molecule has 0 aliphatic heterocycles. The van der Waals surface area contributed by atoms with Gasteiger partial charge in [-0.05, 0) is 23.8 Å². The van der Waals surface area contributed by atoms with Crippen molar-refractivity contribution in [2.24, 2.45) is 7.05 Å². The summed E-state index contributed by atoms with van der Waals surface area (Å²) < 4.78 is 3.73. The minimum absolute atomic E-state index is 0.101. The maximum atomic E-state index is 13.0. The van der Waals surface area contributed by atoms with Crippen molar-refractivity contribution < 1.29 is 4.79 Å². The predicted octanol–water partition coefficient (Wildman–Crippen LogP) is 2.94. The third kappa shape index (κ3) is 3.09. The van der Waals surface area contributed by atoms with Crippen LogP contribution < -0.4 is 5.32 Å². The molecule has 2 aromatic carbocycles. The molecule has 0 fully saturated rings. The second kappa shape index (κ2) is 6.84. The van der Waals surface area contributed by atoms with Gasteiger partial charge in [-0.15, -0.1) is 0 Å². The van der Waals surface area contributed by atoms with Crippen LogP contribution in [0.4, 0.5) is 0 Å². The number of nitrogens with zero attached hydrogens (tertiary/aromatic N) is 4. The lowest BCUT2D eigenvalue weighted by Crippen LogP contribution is -2.31. The zero-order valence-corrected chi connectivity index (χ0v) is 14.4. The topological polar surface area (TPSA) is 64.7 Å². The molecule has 0 aliphatic rings. The van der Waals surface area contributed by atoms with Gasteiger partial charge in [0, 0.05) is 29.7 Å². The van der Waals surface area contributed by atoms with E-state index in [1.807, 2.05) is 72.4 Å². The van der Waals surface area contributed by atoms with Gasteiger partial charge in [0.1, 0.15) is 12.7 Å². The number of benzene rings is 2. The maximum Gasteiger partial charge on any atom is 0.252 e. The third-order valence-electron chi connectivity index (χ3n) is 4.52. The van der Waals surface area contributed by atoms with Gasteiger partial charge < -0.3 is 9.88 Å². The van der Waals surface area contributed by atoms with E-state index in [4.69, 9.17) is 0 Å². The highest BCUT2D eigenvalue weighted by Gasteiger charge is 2.18. The smallest absolute Gasteiger partial charge is 0.252 e. The van der Waals surface area contributed by atoms with Crippen LogP contribution in [0.1, 0.15) is 22.0 Å². The fourth-order valence-corrected chi connectivity index (χ4v) is 3.17. The third-order valence-corrected chi connectivity index (χ3v) is 4.52. The Morgan fingerprint density at radius 2 is 1.96 bits per heavy atom. The van der Waals surface area contributed by atoms with Crippen molar-refractivity contribution >= 4 is 16.8 Å². The van der Waals surface area contributed by atoms with Gasteiger partial charge in [-0.3, -0.25) is 9.48 Å². The van der Waals surface area contributed by atoms with E-state index in [-0.39, 0.29) is 11.9 Å². The minimum Gasteiger partial charge on any atom is -0.351 e. The first-order valence-corrected chi connectivity index (χ1v) is 8.44. The highest BCUT2D eigenvalue weighted by Crippen LogP contribution is 2.21. The van der Waals surface area contributed by atoms with E-state index >= 15 is 0 Å². The molecular formula is C20H19N5O. The summed E-state index contributed by atoms with van der Waals surface area (Å²) in [6.07, 6.45) is 5.11. The van der Waals surface area contributed by atoms with Crippen molar-refractivity contribution in [1.29, 1.82) is 0 Å². The van der Waals surface area contributed by atoms with Crippen LogP contribution in [0.2, 0.25) is 0 Å². The molecule has 4 aromatic rings. The zero-order valence-electron chi connectivity index (χ0n) is 14.4. The molecule has 0 bridgehead atoms. The van der Waals surface area contributed by atoms with Gasteiger partial charge in [-0.1, -0.05) is 36.4 Å². The van der Waals surface area contributed by atoms with Gasteiger partial charge in [-0.25, -0.2) is 4.98 Å². The van der Waals surface area contributed by atoms with Crippen molar-refractivity contribution in [3.05, 3.63) is 84.6 Å². The molecule has 26 heavy (non-hydrogen) atoms. The summed E-state index contributed by atoms with van der Waals surface area (Å²) in [6.45, 7) is 0.514. The lowest BCUT2D eigenvalue weighted by atomic mass is 10.0. The number of carbonyl (C=O) groups is 1. The summed E-state index contributed by atoms with van der Waals surface area (Å²) in [5.41, 5.74) is 2.73. The monoisotopic (exact) mass is 345 g/mol. The summed E-state index contributed by atoms with van der Waals surface area (Å²) in [6, 6.07) is 17.4. The van der Waals surface area contributed by atoms with Crippen LogP contribution in [0.3, 0.4) is 0 Å². The largest absolute Gasteiger partial charge is 0.351 e. The van der Waals surface area contributed by atoms with Crippen LogP contribution in [0.25, 0.3) is 10.9 Å². The molecule has 6 heteroatoms. The molecule has 1 unspecified atom stereocenters. The summed E-state index contributed by atoms with van der Waals surface area (Å²) in [5, 5.41) is 8.26. The highest BCUT2D eigenvalue weighted by molar-refractivity contribution is 6.06. The van der Waals surface area contributed by atoms with E-state index in [0.717, 1.165) is 16.5 Å². The lowest BCUT2D eigenvalue weighted by Gasteiger charge is -2.19. The second-order valence-corrected chi connectivity index (χ2v) is 6.22. The summed E-state index contributed by atoms with van der Waals surface area (Å²) in [7, 11) is 1.97. The van der Waals surface area contributed by atoms with Crippen LogP contribution in [0.15, 0.2) is 73.4 Å². The quantitative estimate of drug-likeness (QED) is 0.605. The summed E-state index contributed by atoms with van der Waals surface area (Å²) in [4.78, 5) is 17.0. The molecule has 1 N–H and O–H groups in total. The standard InChI is InChI=1S/C20H19N5O/c1-24-11-10-16-17(8-5-9-19(16)24)20(26)23-18(12-25-14-21-13-22-25)15-6-3-2-4-7-15/h2-11,13-14,18H,12H2,1H3,(H,23,26). The zero-order chi connectivity index (χ0) is 17.9. The fourth-order valence-electron chi connectivity index (χ4n) is 3.17. The Labute approximate surface area is 151 Å². The lowest BCUT2D eigenvalue weighted by molar-refractivity contribution is 0.0933. The molecule has 0 saturated carbocycles. The first-order valence-electron chi connectivity index (χ1n) is 8.44. The first kappa shape index (κ1) is 16.1. The Bertz CT molecular complexity index is 1020. The Morgan fingerprint density at radius 1 is 1.12 bits per heavy atom. The van der Waals surface area contributed by atoms with E-state index in [2.05, 4.69) is 15.4 Å². The van der Waals surface area contributed by atoms with Gasteiger partial charge in [0.2, 0.25) is 0 Å². The summed E-state index contributed by atoms with van der Waals surface area (Å²) >= 11 is 0. The molecule has 2 aromatic heterocycles. The normalized spacial score (nSPS) is 12.2. The van der Waals surface area contributed by atoms with Crippen LogP contribution in [0, 0.1) is 0 Å². The average molecular weight is 345 g/mol. The van der Waals surface area contributed by atoms with Crippen LogP contribution >= 0.6 is 0 Å². The van der Waals surface area contributed by atoms with Gasteiger partial charge in [0.05, 0.1) is 12.6 Å². The number of carbonyl (C=O) groups excluding carboxylic acids is 1. The van der Waals surface area contributed by atoms with Crippen molar-refractivity contribution in [3.63, 3.8) is 0 Å². The molecule has 2 heterocycles. The van der Waals surface area contributed by atoms with E-state index in [1.54, 1.807) is 11.0 Å². The number of aryl methyl sites for hydroxylation is 1. The van der Waals surface area contributed by atoms with Gasteiger partial charge >= 0.3 is 0 Å². The van der Waals surface area contributed by atoms with E-state index in [9.17, 15) is 4.79 Å². The van der Waals surface area contributed by atoms with Gasteiger partial charge in [-0.2, -0.15) is 5.10 Å². The molecule has 1 amide bonds. The van der Waals surface area contributed by atoms with Gasteiger partial charge in [0.15, 0.2) is 0 Å². The SMILES string of the molecule is Cn1ccc2c(C(=O)NC(Cn3cncn3)c3ccccc3)cccc21. The van der Waals surface area contributed by atoms with Gasteiger partial charge in [0.25, 0.3) is 5.91 Å². The van der Waals surface area contributed by atoms with Crippen molar-refractivity contribution in [2.75, 3.05) is 0 Å². The Morgan fingerprint density at radius 3 is 2.73 bits per heavy atom. The Hall–Kier alpha value is -3.41. The number of rotatable bonds is 5. The molecule has 0 saturated heterocycles. The van der Waals surface area contributed by atoms with Crippen LogP contribution in [-0.4, -0.2) is 25.2 Å². The molecule has 0 aliphatic carbocycles. The fraction of sp³-hybridized carbons (Fsp3) is 0.150. The Balaban J connectivity index is 1.65. The van der Waals surface area contributed by atoms with Crippen molar-refractivity contribution in [1.82, 2.24) is 24.6 Å². The first-order chi connectivity index (χ1) is 12.7. The van der Waals surface area contributed by atoms with E-state index in [1.165, 1.54) is 6.33 Å². The minimum atomic E-state index is -0.204. The number of aromatic nitrogens is 4. The molecule has 0 radical (unpaired) electrons. The van der Waals surface area contributed by atoms with Crippen LogP contribution in [0.5, 0.6) is 0 Å². The molecule has 1 atom stereocenters. The number of nitrogens with one attached hydrogen (secondary N) is 1.